The molecule has 3 atom stereocenters. The molecule has 0 aromatic heterocycles. The zero-order chi connectivity index (χ0) is 17.4. The van der Waals surface area contributed by atoms with Crippen molar-refractivity contribution in [2.75, 3.05) is 13.1 Å². The van der Waals surface area contributed by atoms with Gasteiger partial charge in [-0.2, -0.15) is 15.8 Å². The predicted molar refractivity (Wildman–Crippen MR) is 82.6 cm³/mol. The lowest BCUT2D eigenvalue weighted by atomic mass is 9.53. The molecule has 0 bridgehead atoms. The summed E-state index contributed by atoms with van der Waals surface area (Å²) in [5, 5.41) is 37.2. The maximum atomic E-state index is 11.7. The molecule has 1 N–H and O–H groups in total. The van der Waals surface area contributed by atoms with Crippen LogP contribution in [0, 0.1) is 68.5 Å². The van der Waals surface area contributed by atoms with Crippen molar-refractivity contribution in [1.29, 1.82) is 21.2 Å². The fraction of sp³-hybridized carbons (Fsp3) is 0.588. The quantitative estimate of drug-likeness (QED) is 0.744. The number of nitrogens with zero attached hydrogens (tertiary/aromatic N) is 4. The standard InChI is InChI=1S/C17H19N5O/c1-10(2)15-14-7-22(11(3)23)5-4-12(14)13(6-18)16(21)17(15,8-19)9-20/h4,10,13-15,21H,5,7H2,1-3H3/t13-,14+,15+/m1/s1. The Morgan fingerprint density at radius 2 is 2.00 bits per heavy atom. The normalized spacial score (nSPS) is 28.9. The molecule has 2 aliphatic rings. The van der Waals surface area contributed by atoms with Gasteiger partial charge in [0.25, 0.3) is 0 Å². The van der Waals surface area contributed by atoms with Crippen LogP contribution >= 0.6 is 0 Å². The molecule has 6 heteroatoms. The van der Waals surface area contributed by atoms with E-state index in [1.807, 2.05) is 32.1 Å². The first-order valence-electron chi connectivity index (χ1n) is 7.60. The average molecular weight is 309 g/mol. The molecule has 1 aliphatic carbocycles. The molecule has 2 rings (SSSR count). The molecule has 0 saturated heterocycles. The number of fused-ring (bicyclic) bond motifs is 1. The molecule has 0 unspecified atom stereocenters. The second kappa shape index (κ2) is 5.86. The maximum Gasteiger partial charge on any atom is 0.219 e. The molecule has 1 amide bonds. The van der Waals surface area contributed by atoms with Crippen LogP contribution in [0.5, 0.6) is 0 Å². The Balaban J connectivity index is 2.65. The first-order valence-corrected chi connectivity index (χ1v) is 7.60. The van der Waals surface area contributed by atoms with Crippen molar-refractivity contribution in [1.82, 2.24) is 4.90 Å². The highest BCUT2D eigenvalue weighted by Crippen LogP contribution is 2.51. The van der Waals surface area contributed by atoms with E-state index in [0.717, 1.165) is 5.57 Å². The van der Waals surface area contributed by atoms with Gasteiger partial charge in [0, 0.05) is 31.8 Å². The molecular weight excluding hydrogens is 290 g/mol. The Hall–Kier alpha value is -2.65. The van der Waals surface area contributed by atoms with Crippen LogP contribution in [-0.2, 0) is 4.79 Å². The van der Waals surface area contributed by atoms with Gasteiger partial charge in [0.15, 0.2) is 5.41 Å². The van der Waals surface area contributed by atoms with Crippen LogP contribution < -0.4 is 0 Å². The van der Waals surface area contributed by atoms with Crippen molar-refractivity contribution in [2.45, 2.75) is 20.8 Å². The minimum atomic E-state index is -1.61. The van der Waals surface area contributed by atoms with E-state index in [-0.39, 0.29) is 23.5 Å². The van der Waals surface area contributed by atoms with Gasteiger partial charge in [-0.3, -0.25) is 4.79 Å². The fourth-order valence-corrected chi connectivity index (χ4v) is 3.97. The van der Waals surface area contributed by atoms with Crippen LogP contribution in [0.4, 0.5) is 0 Å². The summed E-state index contributed by atoms with van der Waals surface area (Å²) in [6.45, 7) is 6.11. The van der Waals surface area contributed by atoms with Crippen LogP contribution in [0.2, 0.25) is 0 Å². The van der Waals surface area contributed by atoms with Gasteiger partial charge in [-0.15, -0.1) is 0 Å². The Morgan fingerprint density at radius 1 is 1.39 bits per heavy atom. The molecule has 1 aliphatic heterocycles. The van der Waals surface area contributed by atoms with Crippen molar-refractivity contribution >= 4 is 11.6 Å². The smallest absolute Gasteiger partial charge is 0.219 e. The van der Waals surface area contributed by atoms with Gasteiger partial charge in [0.2, 0.25) is 5.91 Å². The van der Waals surface area contributed by atoms with Gasteiger partial charge in [-0.25, -0.2) is 0 Å². The molecule has 0 spiro atoms. The number of hydrogen-bond acceptors (Lipinski definition) is 5. The molecule has 118 valence electrons. The molecule has 1 saturated carbocycles. The fourth-order valence-electron chi connectivity index (χ4n) is 3.97. The van der Waals surface area contributed by atoms with Crippen LogP contribution in [0.25, 0.3) is 0 Å². The number of hydrogen-bond donors (Lipinski definition) is 1. The molecule has 0 aromatic carbocycles. The average Bonchev–Trinajstić information content (AvgIpc) is 2.53. The van der Waals surface area contributed by atoms with Gasteiger partial charge < -0.3 is 10.3 Å². The number of nitriles is 3. The molecule has 0 radical (unpaired) electrons. The SMILES string of the molecule is CC(=O)N1CC=C2[C@@H](C#N)C(=N)C(C#N)(C#N)[C@@H](C(C)C)[C@H]2C1. The summed E-state index contributed by atoms with van der Waals surface area (Å²) >= 11 is 0. The largest absolute Gasteiger partial charge is 0.339 e. The summed E-state index contributed by atoms with van der Waals surface area (Å²) < 4.78 is 0. The molecule has 0 aromatic rings. The predicted octanol–water partition coefficient (Wildman–Crippen LogP) is 1.87. The van der Waals surface area contributed by atoms with E-state index in [4.69, 9.17) is 5.41 Å². The van der Waals surface area contributed by atoms with Gasteiger partial charge in [0.1, 0.15) is 5.92 Å². The van der Waals surface area contributed by atoms with E-state index in [1.165, 1.54) is 6.92 Å². The Kier molecular flexibility index (Phi) is 4.26. The number of carbonyl (C=O) groups is 1. The number of amides is 1. The highest BCUT2D eigenvalue weighted by molar-refractivity contribution is 6.00. The first-order chi connectivity index (χ1) is 10.8. The zero-order valence-corrected chi connectivity index (χ0v) is 13.5. The van der Waals surface area contributed by atoms with Crippen molar-refractivity contribution in [3.8, 4) is 18.2 Å². The van der Waals surface area contributed by atoms with Gasteiger partial charge >= 0.3 is 0 Å². The van der Waals surface area contributed by atoms with Crippen LogP contribution in [0.3, 0.4) is 0 Å². The first kappa shape index (κ1) is 16.7. The summed E-state index contributed by atoms with van der Waals surface area (Å²) in [7, 11) is 0. The molecule has 6 nitrogen and oxygen atoms in total. The molecule has 1 heterocycles. The topological polar surface area (TPSA) is 116 Å². The maximum absolute atomic E-state index is 11.7. The van der Waals surface area contributed by atoms with E-state index >= 15 is 0 Å². The third-order valence-electron chi connectivity index (χ3n) is 5.02. The zero-order valence-electron chi connectivity index (χ0n) is 13.5. The molecule has 23 heavy (non-hydrogen) atoms. The molecular formula is C17H19N5O. The summed E-state index contributed by atoms with van der Waals surface area (Å²) in [4.78, 5) is 13.4. The van der Waals surface area contributed by atoms with Gasteiger partial charge in [-0.1, -0.05) is 19.9 Å². The third kappa shape index (κ3) is 2.30. The number of nitrogens with one attached hydrogen (secondary N) is 1. The second-order valence-corrected chi connectivity index (χ2v) is 6.51. The minimum absolute atomic E-state index is 0.0328. The monoisotopic (exact) mass is 309 g/mol. The van der Waals surface area contributed by atoms with Crippen LogP contribution in [-0.4, -0.2) is 29.6 Å². The Labute approximate surface area is 136 Å². The van der Waals surface area contributed by atoms with Crippen LogP contribution in [0.1, 0.15) is 20.8 Å². The highest BCUT2D eigenvalue weighted by Gasteiger charge is 2.58. The number of rotatable bonds is 1. The second-order valence-electron chi connectivity index (χ2n) is 6.51. The Morgan fingerprint density at radius 3 is 2.43 bits per heavy atom. The number of carbonyl (C=O) groups excluding carboxylic acids is 1. The van der Waals surface area contributed by atoms with Gasteiger partial charge in [0.05, 0.1) is 23.9 Å². The summed E-state index contributed by atoms with van der Waals surface area (Å²) in [6, 6.07) is 6.13. The lowest BCUT2D eigenvalue weighted by Crippen LogP contribution is -2.56. The minimum Gasteiger partial charge on any atom is -0.339 e. The lowest BCUT2D eigenvalue weighted by Gasteiger charge is -2.49. The summed E-state index contributed by atoms with van der Waals surface area (Å²) in [5.74, 6) is -1.62. The summed E-state index contributed by atoms with van der Waals surface area (Å²) in [6.07, 6.45) is 1.83. The van der Waals surface area contributed by atoms with Gasteiger partial charge in [-0.05, 0) is 11.5 Å². The van der Waals surface area contributed by atoms with E-state index in [2.05, 4.69) is 6.07 Å². The Bertz CT molecular complexity index is 686. The van der Waals surface area contributed by atoms with Crippen molar-refractivity contribution in [2.24, 2.45) is 29.1 Å². The van der Waals surface area contributed by atoms with E-state index < -0.39 is 17.3 Å². The van der Waals surface area contributed by atoms with Crippen LogP contribution in [0.15, 0.2) is 11.6 Å². The molecule has 1 fully saturated rings. The van der Waals surface area contributed by atoms with Crippen molar-refractivity contribution in [3.63, 3.8) is 0 Å². The third-order valence-corrected chi connectivity index (χ3v) is 5.02. The van der Waals surface area contributed by atoms with E-state index in [9.17, 15) is 20.6 Å². The van der Waals surface area contributed by atoms with E-state index in [0.29, 0.717) is 13.1 Å². The van der Waals surface area contributed by atoms with Crippen molar-refractivity contribution < 1.29 is 4.79 Å². The summed E-state index contributed by atoms with van der Waals surface area (Å²) in [5.41, 5.74) is -0.951. The lowest BCUT2D eigenvalue weighted by molar-refractivity contribution is -0.129. The van der Waals surface area contributed by atoms with E-state index in [1.54, 1.807) is 4.90 Å². The van der Waals surface area contributed by atoms with Crippen molar-refractivity contribution in [3.05, 3.63) is 11.6 Å². The highest BCUT2D eigenvalue weighted by atomic mass is 16.2.